The lowest BCUT2D eigenvalue weighted by Gasteiger charge is -2.07. The van der Waals surface area contributed by atoms with E-state index in [1.54, 1.807) is 12.1 Å². The lowest BCUT2D eigenvalue weighted by molar-refractivity contribution is 0.0941. The zero-order chi connectivity index (χ0) is 13.5. The molecule has 1 aromatic carbocycles. The summed E-state index contributed by atoms with van der Waals surface area (Å²) in [4.78, 5) is 11.6. The van der Waals surface area contributed by atoms with Gasteiger partial charge in [-0.2, -0.15) is 5.10 Å². The maximum absolute atomic E-state index is 12.6. The molecule has 1 heterocycles. The number of carbonyl (C=O) groups excluding carboxylic acids is 1. The third-order valence-electron chi connectivity index (χ3n) is 2.27. The predicted octanol–water partition coefficient (Wildman–Crippen LogP) is 1.42. The van der Waals surface area contributed by atoms with Gasteiger partial charge in [0.15, 0.2) is 5.69 Å². The molecular weight excluding hydrogens is 249 g/mol. The number of rotatable bonds is 5. The summed E-state index contributed by atoms with van der Waals surface area (Å²) in [5.41, 5.74) is 0.254. The zero-order valence-electron chi connectivity index (χ0n) is 10.0. The number of hydrogen-bond acceptors (Lipinski definition) is 4. The molecule has 0 radical (unpaired) electrons. The Kier molecular flexibility index (Phi) is 4.39. The monoisotopic (exact) mass is 261 g/mol. The summed E-state index contributed by atoms with van der Waals surface area (Å²) in [6.45, 7) is 0.615. The minimum atomic E-state index is -0.316. The molecule has 0 saturated carbocycles. The number of nitrogens with one attached hydrogen (secondary N) is 1. The summed E-state index contributed by atoms with van der Waals surface area (Å²) in [6.07, 6.45) is 1.49. The van der Waals surface area contributed by atoms with Crippen LogP contribution in [0.1, 0.15) is 10.5 Å². The molecule has 0 unspecified atom stereocenters. The van der Waals surface area contributed by atoms with Gasteiger partial charge in [0.1, 0.15) is 18.2 Å². The van der Waals surface area contributed by atoms with Crippen molar-refractivity contribution in [1.82, 2.24) is 15.5 Å². The van der Waals surface area contributed by atoms with E-state index < -0.39 is 0 Å². The van der Waals surface area contributed by atoms with Crippen molar-refractivity contribution in [3.63, 3.8) is 0 Å². The molecule has 0 bridgehead atoms. The molecule has 0 saturated heterocycles. The number of carbonyl (C=O) groups is 1. The first kappa shape index (κ1) is 12.9. The maximum atomic E-state index is 12.6. The molecule has 1 amide bonds. The summed E-state index contributed by atoms with van der Waals surface area (Å²) in [6, 6.07) is 8.89. The minimum absolute atomic E-state index is 0.254. The first-order chi connectivity index (χ1) is 9.25. The summed E-state index contributed by atoms with van der Waals surface area (Å²) in [7, 11) is 0. The van der Waals surface area contributed by atoms with Crippen LogP contribution < -0.4 is 10.1 Å². The second-order valence-corrected chi connectivity index (χ2v) is 3.67. The summed E-state index contributed by atoms with van der Waals surface area (Å²) < 4.78 is 18.0. The standard InChI is InChI=1S/C13H12FN3O2/c14-10-3-5-11(6-4-10)19-9-8-15-13(18)12-2-1-7-16-17-12/h1-7H,8-9H2,(H,15,18). The Balaban J connectivity index is 1.72. The second kappa shape index (κ2) is 6.44. The zero-order valence-corrected chi connectivity index (χ0v) is 10.0. The van der Waals surface area contributed by atoms with Crippen LogP contribution in [-0.2, 0) is 0 Å². The van der Waals surface area contributed by atoms with E-state index >= 15 is 0 Å². The smallest absolute Gasteiger partial charge is 0.271 e. The van der Waals surface area contributed by atoms with E-state index in [2.05, 4.69) is 15.5 Å². The number of ether oxygens (including phenoxy) is 1. The van der Waals surface area contributed by atoms with Crippen LogP contribution in [0.5, 0.6) is 5.75 Å². The van der Waals surface area contributed by atoms with Crippen LogP contribution in [0.15, 0.2) is 42.6 Å². The number of nitrogens with zero attached hydrogens (tertiary/aromatic N) is 2. The van der Waals surface area contributed by atoms with Crippen LogP contribution in [0.25, 0.3) is 0 Å². The van der Waals surface area contributed by atoms with Gasteiger partial charge < -0.3 is 10.1 Å². The molecule has 19 heavy (non-hydrogen) atoms. The van der Waals surface area contributed by atoms with Crippen molar-refractivity contribution in [2.75, 3.05) is 13.2 Å². The van der Waals surface area contributed by atoms with Gasteiger partial charge in [-0.15, -0.1) is 5.10 Å². The molecule has 5 nitrogen and oxygen atoms in total. The summed E-state index contributed by atoms with van der Waals surface area (Å²) in [5.74, 6) is -0.0748. The molecule has 0 spiro atoms. The van der Waals surface area contributed by atoms with Crippen LogP contribution in [0.2, 0.25) is 0 Å². The highest BCUT2D eigenvalue weighted by Gasteiger charge is 2.05. The van der Waals surface area contributed by atoms with Crippen molar-refractivity contribution in [3.05, 3.63) is 54.1 Å². The normalized spacial score (nSPS) is 9.95. The third-order valence-corrected chi connectivity index (χ3v) is 2.27. The highest BCUT2D eigenvalue weighted by Crippen LogP contribution is 2.10. The molecule has 0 atom stereocenters. The highest BCUT2D eigenvalue weighted by atomic mass is 19.1. The molecule has 0 aliphatic rings. The largest absolute Gasteiger partial charge is 0.492 e. The van der Waals surface area contributed by atoms with Gasteiger partial charge in [-0.3, -0.25) is 4.79 Å². The van der Waals surface area contributed by atoms with E-state index in [0.717, 1.165) is 0 Å². The predicted molar refractivity (Wildman–Crippen MR) is 66.3 cm³/mol. The minimum Gasteiger partial charge on any atom is -0.492 e. The van der Waals surface area contributed by atoms with Gasteiger partial charge in [0.05, 0.1) is 6.54 Å². The molecule has 6 heteroatoms. The molecule has 1 aromatic heterocycles. The Morgan fingerprint density at radius 2 is 2.05 bits per heavy atom. The fraction of sp³-hybridized carbons (Fsp3) is 0.154. The van der Waals surface area contributed by atoms with E-state index in [-0.39, 0.29) is 24.0 Å². The van der Waals surface area contributed by atoms with Gasteiger partial charge in [0, 0.05) is 6.20 Å². The highest BCUT2D eigenvalue weighted by molar-refractivity contribution is 5.91. The first-order valence-electron chi connectivity index (χ1n) is 5.70. The Labute approximate surface area is 109 Å². The Morgan fingerprint density at radius 1 is 1.26 bits per heavy atom. The first-order valence-corrected chi connectivity index (χ1v) is 5.70. The maximum Gasteiger partial charge on any atom is 0.271 e. The van der Waals surface area contributed by atoms with Crippen molar-refractivity contribution in [2.45, 2.75) is 0 Å². The molecule has 2 aromatic rings. The average Bonchev–Trinajstić information content (AvgIpc) is 2.46. The number of hydrogen-bond donors (Lipinski definition) is 1. The van der Waals surface area contributed by atoms with Crippen molar-refractivity contribution in [2.24, 2.45) is 0 Å². The molecule has 1 N–H and O–H groups in total. The van der Waals surface area contributed by atoms with Gasteiger partial charge in [0.25, 0.3) is 5.91 Å². The molecule has 0 fully saturated rings. The van der Waals surface area contributed by atoms with Crippen LogP contribution in [0.4, 0.5) is 4.39 Å². The van der Waals surface area contributed by atoms with E-state index in [0.29, 0.717) is 12.3 Å². The number of amides is 1. The quantitative estimate of drug-likeness (QED) is 0.827. The number of benzene rings is 1. The van der Waals surface area contributed by atoms with Gasteiger partial charge in [-0.25, -0.2) is 4.39 Å². The fourth-order valence-corrected chi connectivity index (χ4v) is 1.38. The molecule has 0 aliphatic carbocycles. The Hall–Kier alpha value is -2.50. The van der Waals surface area contributed by atoms with Gasteiger partial charge in [-0.05, 0) is 36.4 Å². The second-order valence-electron chi connectivity index (χ2n) is 3.67. The van der Waals surface area contributed by atoms with Crippen molar-refractivity contribution in [1.29, 1.82) is 0 Å². The Morgan fingerprint density at radius 3 is 2.74 bits per heavy atom. The van der Waals surface area contributed by atoms with Gasteiger partial charge >= 0.3 is 0 Å². The molecule has 0 aliphatic heterocycles. The Bertz CT molecular complexity index is 531. The van der Waals surface area contributed by atoms with Gasteiger partial charge in [0.2, 0.25) is 0 Å². The van der Waals surface area contributed by atoms with Crippen LogP contribution >= 0.6 is 0 Å². The lowest BCUT2D eigenvalue weighted by atomic mass is 10.3. The van der Waals surface area contributed by atoms with Crippen molar-refractivity contribution in [3.8, 4) is 5.75 Å². The van der Waals surface area contributed by atoms with Crippen molar-refractivity contribution >= 4 is 5.91 Å². The molecule has 98 valence electrons. The molecule has 2 rings (SSSR count). The molecular formula is C13H12FN3O2. The summed E-state index contributed by atoms with van der Waals surface area (Å²) >= 11 is 0. The fourth-order valence-electron chi connectivity index (χ4n) is 1.38. The summed E-state index contributed by atoms with van der Waals surface area (Å²) in [5, 5.41) is 9.93. The topological polar surface area (TPSA) is 64.1 Å². The number of aromatic nitrogens is 2. The van der Waals surface area contributed by atoms with E-state index in [4.69, 9.17) is 4.74 Å². The van der Waals surface area contributed by atoms with E-state index in [1.807, 2.05) is 0 Å². The van der Waals surface area contributed by atoms with E-state index in [9.17, 15) is 9.18 Å². The van der Waals surface area contributed by atoms with Crippen LogP contribution in [-0.4, -0.2) is 29.3 Å². The van der Waals surface area contributed by atoms with Crippen molar-refractivity contribution < 1.29 is 13.9 Å². The SMILES string of the molecule is O=C(NCCOc1ccc(F)cc1)c1cccnn1. The average molecular weight is 261 g/mol. The van der Waals surface area contributed by atoms with Gasteiger partial charge in [-0.1, -0.05) is 0 Å². The van der Waals surface area contributed by atoms with Crippen LogP contribution in [0, 0.1) is 5.82 Å². The lowest BCUT2D eigenvalue weighted by Crippen LogP contribution is -2.28. The third kappa shape index (κ3) is 4.02. The number of halogens is 1. The van der Waals surface area contributed by atoms with Crippen LogP contribution in [0.3, 0.4) is 0 Å². The van der Waals surface area contributed by atoms with E-state index in [1.165, 1.54) is 30.5 Å².